The van der Waals surface area contributed by atoms with Gasteiger partial charge in [0.15, 0.2) is 0 Å². The van der Waals surface area contributed by atoms with Crippen LogP contribution in [0.15, 0.2) is 76.4 Å². The molecule has 0 fully saturated rings. The van der Waals surface area contributed by atoms with Gasteiger partial charge in [-0.3, -0.25) is 4.79 Å². The van der Waals surface area contributed by atoms with Gasteiger partial charge in [0.2, 0.25) is 5.76 Å². The lowest BCUT2D eigenvalue weighted by Crippen LogP contribution is -2.17. The van der Waals surface area contributed by atoms with Crippen molar-refractivity contribution in [3.63, 3.8) is 0 Å². The van der Waals surface area contributed by atoms with Crippen molar-refractivity contribution >= 4 is 29.0 Å². The number of carboxylic acid groups (broad SMARTS) is 1. The Morgan fingerprint density at radius 1 is 1.13 bits per heavy atom. The number of nitrogens with zero attached hydrogens (tertiary/aromatic N) is 2. The third-order valence-corrected chi connectivity index (χ3v) is 4.47. The van der Waals surface area contributed by atoms with E-state index in [1.807, 2.05) is 35.0 Å². The van der Waals surface area contributed by atoms with E-state index in [1.54, 1.807) is 6.07 Å². The normalized spacial score (nSPS) is 11.2. The number of amides is 1. The summed E-state index contributed by atoms with van der Waals surface area (Å²) >= 11 is 0. The van der Waals surface area contributed by atoms with E-state index in [0.717, 1.165) is 22.5 Å². The number of halogens is 1. The number of rotatable bonds is 6. The highest BCUT2D eigenvalue weighted by atomic mass is 19.1. The van der Waals surface area contributed by atoms with Crippen molar-refractivity contribution in [3.05, 3.63) is 95.3 Å². The van der Waals surface area contributed by atoms with Crippen molar-refractivity contribution in [2.75, 3.05) is 0 Å². The zero-order valence-electron chi connectivity index (χ0n) is 15.6. The van der Waals surface area contributed by atoms with Gasteiger partial charge in [-0.25, -0.2) is 14.6 Å². The number of nitrogens with one attached hydrogen (secondary N) is 1. The summed E-state index contributed by atoms with van der Waals surface area (Å²) in [7, 11) is 0. The first kappa shape index (κ1) is 19.1. The molecule has 7 nitrogen and oxygen atoms in total. The smallest absolute Gasteiger partial charge is 0.371 e. The first-order valence-corrected chi connectivity index (χ1v) is 9.00. The molecule has 0 aliphatic carbocycles. The Morgan fingerprint density at radius 3 is 2.73 bits per heavy atom. The minimum Gasteiger partial charge on any atom is -0.475 e. The summed E-state index contributed by atoms with van der Waals surface area (Å²) in [6.07, 6.45) is 3.33. The van der Waals surface area contributed by atoms with Crippen LogP contribution in [0, 0.1) is 5.82 Å². The van der Waals surface area contributed by atoms with Gasteiger partial charge in [0.05, 0.1) is 12.8 Å². The van der Waals surface area contributed by atoms with Gasteiger partial charge < -0.3 is 14.1 Å². The standard InChI is InChI=1S/C22H16FN3O4/c23-16-5-3-4-14(10-16)21(27)25-24-11-15-12-26(19-7-2-1-6-18(15)19)13-17-8-9-20(30-17)22(28)29/h1-12H,13H2,(H,25,27)(H,28,29)/b24-11-. The van der Waals surface area contributed by atoms with Gasteiger partial charge in [0.25, 0.3) is 5.91 Å². The molecular weight excluding hydrogens is 389 g/mol. The van der Waals surface area contributed by atoms with Crippen LogP contribution < -0.4 is 5.43 Å². The van der Waals surface area contributed by atoms with Gasteiger partial charge in [-0.05, 0) is 36.4 Å². The molecule has 0 aliphatic rings. The average Bonchev–Trinajstić information content (AvgIpc) is 3.34. The number of benzene rings is 2. The number of aromatic nitrogens is 1. The molecule has 0 atom stereocenters. The van der Waals surface area contributed by atoms with E-state index >= 15 is 0 Å². The van der Waals surface area contributed by atoms with Crippen LogP contribution in [-0.2, 0) is 6.54 Å². The molecule has 0 saturated heterocycles. The van der Waals surface area contributed by atoms with Crippen LogP contribution in [0.25, 0.3) is 10.9 Å². The van der Waals surface area contributed by atoms with Crippen LogP contribution in [0.2, 0.25) is 0 Å². The van der Waals surface area contributed by atoms with E-state index in [4.69, 9.17) is 9.52 Å². The molecule has 30 heavy (non-hydrogen) atoms. The highest BCUT2D eigenvalue weighted by Gasteiger charge is 2.12. The van der Waals surface area contributed by atoms with E-state index in [-0.39, 0.29) is 11.3 Å². The molecule has 2 aromatic carbocycles. The van der Waals surface area contributed by atoms with Gasteiger partial charge >= 0.3 is 5.97 Å². The summed E-state index contributed by atoms with van der Waals surface area (Å²) in [5.41, 5.74) is 4.19. The molecule has 0 spiro atoms. The Kier molecular flexibility index (Phi) is 5.13. The van der Waals surface area contributed by atoms with E-state index in [2.05, 4.69) is 10.5 Å². The molecule has 2 heterocycles. The highest BCUT2D eigenvalue weighted by molar-refractivity contribution is 6.00. The fourth-order valence-electron chi connectivity index (χ4n) is 3.11. The Balaban J connectivity index is 1.56. The summed E-state index contributed by atoms with van der Waals surface area (Å²) in [6, 6.07) is 15.9. The summed E-state index contributed by atoms with van der Waals surface area (Å²) in [4.78, 5) is 23.1. The van der Waals surface area contributed by atoms with Gasteiger partial charge in [-0.1, -0.05) is 24.3 Å². The van der Waals surface area contributed by atoms with E-state index < -0.39 is 17.7 Å². The zero-order valence-corrected chi connectivity index (χ0v) is 15.6. The first-order chi connectivity index (χ1) is 14.5. The first-order valence-electron chi connectivity index (χ1n) is 9.00. The molecule has 2 N–H and O–H groups in total. The lowest BCUT2D eigenvalue weighted by atomic mass is 10.2. The van der Waals surface area contributed by atoms with Gasteiger partial charge in [0.1, 0.15) is 11.6 Å². The molecule has 150 valence electrons. The molecule has 2 aromatic heterocycles. The Labute approximate surface area is 170 Å². The molecule has 8 heteroatoms. The maximum Gasteiger partial charge on any atom is 0.371 e. The van der Waals surface area contributed by atoms with Crippen LogP contribution in [-0.4, -0.2) is 27.8 Å². The number of hydrogen-bond acceptors (Lipinski definition) is 4. The van der Waals surface area contributed by atoms with E-state index in [9.17, 15) is 14.0 Å². The van der Waals surface area contributed by atoms with Crippen molar-refractivity contribution in [2.45, 2.75) is 6.54 Å². The Bertz CT molecular complexity index is 1270. The zero-order chi connectivity index (χ0) is 21.1. The summed E-state index contributed by atoms with van der Waals surface area (Å²) in [5.74, 6) is -1.77. The van der Waals surface area contributed by atoms with Crippen LogP contribution in [0.1, 0.15) is 32.2 Å². The molecule has 4 aromatic rings. The fraction of sp³-hybridized carbons (Fsp3) is 0.0455. The molecule has 4 rings (SSSR count). The quantitative estimate of drug-likeness (QED) is 0.376. The molecule has 0 bridgehead atoms. The van der Waals surface area contributed by atoms with Crippen molar-refractivity contribution in [2.24, 2.45) is 5.10 Å². The number of aromatic carboxylic acids is 1. The van der Waals surface area contributed by atoms with Crippen LogP contribution in [0.3, 0.4) is 0 Å². The fourth-order valence-corrected chi connectivity index (χ4v) is 3.11. The molecule has 1 amide bonds. The minimum absolute atomic E-state index is 0.122. The van der Waals surface area contributed by atoms with Gasteiger partial charge in [-0.2, -0.15) is 5.10 Å². The average molecular weight is 405 g/mol. The predicted molar refractivity (Wildman–Crippen MR) is 108 cm³/mol. The van der Waals surface area contributed by atoms with Gasteiger partial charge in [-0.15, -0.1) is 0 Å². The third-order valence-electron chi connectivity index (χ3n) is 4.47. The Morgan fingerprint density at radius 2 is 1.97 bits per heavy atom. The molecule has 0 radical (unpaired) electrons. The second-order valence-corrected chi connectivity index (χ2v) is 6.51. The second-order valence-electron chi connectivity index (χ2n) is 6.51. The lowest BCUT2D eigenvalue weighted by Gasteiger charge is -2.02. The largest absolute Gasteiger partial charge is 0.475 e. The Hall–Kier alpha value is -4.20. The van der Waals surface area contributed by atoms with Crippen LogP contribution in [0.5, 0.6) is 0 Å². The summed E-state index contributed by atoms with van der Waals surface area (Å²) in [5, 5.41) is 13.9. The number of hydrogen-bond donors (Lipinski definition) is 2. The summed E-state index contributed by atoms with van der Waals surface area (Å²) < 4.78 is 20.5. The molecule has 0 saturated carbocycles. The van der Waals surface area contributed by atoms with Crippen molar-refractivity contribution in [1.29, 1.82) is 0 Å². The number of carbonyl (C=O) groups is 2. The minimum atomic E-state index is -1.12. The third kappa shape index (κ3) is 3.97. The number of fused-ring (bicyclic) bond motifs is 1. The molecule has 0 unspecified atom stereocenters. The number of carboxylic acids is 1. The van der Waals surface area contributed by atoms with E-state index in [0.29, 0.717) is 12.3 Å². The predicted octanol–water partition coefficient (Wildman–Crippen LogP) is 3.88. The lowest BCUT2D eigenvalue weighted by molar-refractivity contribution is 0.0660. The number of furan rings is 1. The second kappa shape index (κ2) is 8.04. The maximum atomic E-state index is 13.3. The summed E-state index contributed by atoms with van der Waals surface area (Å²) in [6.45, 7) is 0.331. The van der Waals surface area contributed by atoms with Crippen molar-refractivity contribution in [1.82, 2.24) is 9.99 Å². The monoisotopic (exact) mass is 405 g/mol. The van der Waals surface area contributed by atoms with Crippen LogP contribution >= 0.6 is 0 Å². The SMILES string of the molecule is O=C(N/N=C\c1cn(Cc2ccc(C(=O)O)o2)c2ccccc12)c1cccc(F)c1. The van der Waals surface area contributed by atoms with Gasteiger partial charge in [0, 0.05) is 28.2 Å². The number of para-hydroxylation sites is 1. The van der Waals surface area contributed by atoms with Crippen molar-refractivity contribution in [3.8, 4) is 0 Å². The van der Waals surface area contributed by atoms with E-state index in [1.165, 1.54) is 30.5 Å². The molecular formula is C22H16FN3O4. The van der Waals surface area contributed by atoms with Crippen molar-refractivity contribution < 1.29 is 23.5 Å². The number of carbonyl (C=O) groups excluding carboxylic acids is 1. The maximum absolute atomic E-state index is 13.3. The molecule has 0 aliphatic heterocycles. The number of hydrazone groups is 1. The highest BCUT2D eigenvalue weighted by Crippen LogP contribution is 2.22. The topological polar surface area (TPSA) is 96.8 Å². The van der Waals surface area contributed by atoms with Crippen LogP contribution in [0.4, 0.5) is 4.39 Å².